The van der Waals surface area contributed by atoms with Crippen molar-refractivity contribution in [3.8, 4) is 0 Å². The van der Waals surface area contributed by atoms with E-state index in [0.717, 1.165) is 4.90 Å². The summed E-state index contributed by atoms with van der Waals surface area (Å²) in [7, 11) is 0. The van der Waals surface area contributed by atoms with Gasteiger partial charge < -0.3 is 10.2 Å². The number of carboxylic acids is 2. The Bertz CT molecular complexity index is 530. The summed E-state index contributed by atoms with van der Waals surface area (Å²) < 4.78 is -0.640. The van der Waals surface area contributed by atoms with E-state index in [1.807, 2.05) is 30.3 Å². The van der Waals surface area contributed by atoms with Crippen LogP contribution in [0.1, 0.15) is 12.8 Å². The molecule has 0 bridgehead atoms. The molecular weight excluding hydrogens is 264 g/mol. The molecule has 0 aliphatic heterocycles. The van der Waals surface area contributed by atoms with Crippen molar-refractivity contribution in [1.29, 1.82) is 0 Å². The third-order valence-electron chi connectivity index (χ3n) is 4.27. The maximum absolute atomic E-state index is 11.4. The highest BCUT2D eigenvalue weighted by molar-refractivity contribution is 8.01. The van der Waals surface area contributed by atoms with Crippen molar-refractivity contribution >= 4 is 23.7 Å². The molecule has 2 aliphatic carbocycles. The molecular formula is C14H14O4S. The van der Waals surface area contributed by atoms with Gasteiger partial charge in [0.15, 0.2) is 0 Å². The van der Waals surface area contributed by atoms with Crippen molar-refractivity contribution in [2.75, 3.05) is 0 Å². The first-order valence-corrected chi connectivity index (χ1v) is 7.08. The molecule has 5 heteroatoms. The Labute approximate surface area is 114 Å². The number of hydrogen-bond acceptors (Lipinski definition) is 3. The molecule has 2 N–H and O–H groups in total. The van der Waals surface area contributed by atoms with Gasteiger partial charge in [0.2, 0.25) is 0 Å². The molecule has 0 aromatic heterocycles. The predicted molar refractivity (Wildman–Crippen MR) is 70.0 cm³/mol. The molecule has 4 nitrogen and oxygen atoms in total. The van der Waals surface area contributed by atoms with Crippen molar-refractivity contribution in [3.05, 3.63) is 30.3 Å². The third kappa shape index (κ3) is 1.75. The van der Waals surface area contributed by atoms with Gasteiger partial charge in [0, 0.05) is 4.90 Å². The molecule has 2 aliphatic rings. The Balaban J connectivity index is 1.93. The summed E-state index contributed by atoms with van der Waals surface area (Å²) >= 11 is 1.44. The van der Waals surface area contributed by atoms with Crippen LogP contribution in [0.15, 0.2) is 35.2 Å². The van der Waals surface area contributed by atoms with Crippen LogP contribution in [-0.2, 0) is 9.59 Å². The van der Waals surface area contributed by atoms with E-state index in [0.29, 0.717) is 12.8 Å². The molecule has 100 valence electrons. The molecule has 0 radical (unpaired) electrons. The van der Waals surface area contributed by atoms with Crippen LogP contribution in [0.4, 0.5) is 0 Å². The largest absolute Gasteiger partial charge is 0.481 e. The average Bonchev–Trinajstić information content (AvgIpc) is 2.84. The van der Waals surface area contributed by atoms with E-state index in [4.69, 9.17) is 0 Å². The highest BCUT2D eigenvalue weighted by atomic mass is 32.2. The molecule has 0 saturated heterocycles. The van der Waals surface area contributed by atoms with Gasteiger partial charge in [-0.1, -0.05) is 18.2 Å². The van der Waals surface area contributed by atoms with E-state index >= 15 is 0 Å². The molecule has 3 rings (SSSR count). The normalized spacial score (nSPS) is 35.7. The lowest BCUT2D eigenvalue weighted by Gasteiger charge is -2.20. The monoisotopic (exact) mass is 278 g/mol. The van der Waals surface area contributed by atoms with Crippen molar-refractivity contribution < 1.29 is 19.8 Å². The summed E-state index contributed by atoms with van der Waals surface area (Å²) in [6, 6.07) is 9.48. The Kier molecular flexibility index (Phi) is 2.82. The Morgan fingerprint density at radius 1 is 1.11 bits per heavy atom. The standard InChI is InChI=1S/C14H14O4S/c15-12(16)10-7-6-9-11(13(17)18)14(9,10)19-8-4-2-1-3-5-8/h1-5,9-11H,6-7H2,(H,15,16)(H,17,18). The number of carbonyl (C=O) groups is 2. The number of thioether (sulfide) groups is 1. The van der Waals surface area contributed by atoms with Crippen LogP contribution < -0.4 is 0 Å². The maximum Gasteiger partial charge on any atom is 0.308 e. The number of rotatable bonds is 4. The molecule has 2 saturated carbocycles. The van der Waals surface area contributed by atoms with Crippen LogP contribution >= 0.6 is 11.8 Å². The Morgan fingerprint density at radius 2 is 1.79 bits per heavy atom. The van der Waals surface area contributed by atoms with Gasteiger partial charge in [-0.25, -0.2) is 0 Å². The van der Waals surface area contributed by atoms with E-state index in [9.17, 15) is 19.8 Å². The smallest absolute Gasteiger partial charge is 0.308 e. The van der Waals surface area contributed by atoms with E-state index in [1.54, 1.807) is 0 Å². The van der Waals surface area contributed by atoms with Crippen LogP contribution in [0.5, 0.6) is 0 Å². The summed E-state index contributed by atoms with van der Waals surface area (Å²) in [5, 5.41) is 18.6. The second-order valence-electron chi connectivity index (χ2n) is 5.16. The molecule has 1 aromatic carbocycles. The highest BCUT2D eigenvalue weighted by Gasteiger charge is 2.76. The lowest BCUT2D eigenvalue weighted by atomic mass is 10.00. The Morgan fingerprint density at radius 3 is 2.32 bits per heavy atom. The van der Waals surface area contributed by atoms with E-state index < -0.39 is 28.5 Å². The molecule has 0 spiro atoms. The van der Waals surface area contributed by atoms with E-state index in [2.05, 4.69) is 0 Å². The summed E-state index contributed by atoms with van der Waals surface area (Å²) in [6.45, 7) is 0. The second kappa shape index (κ2) is 4.27. The number of hydrogen-bond donors (Lipinski definition) is 2. The summed E-state index contributed by atoms with van der Waals surface area (Å²) in [4.78, 5) is 23.7. The van der Waals surface area contributed by atoms with Gasteiger partial charge in [-0.05, 0) is 30.9 Å². The SMILES string of the molecule is O=C(O)C1CCC2C(C(=O)O)C12Sc1ccccc1. The minimum Gasteiger partial charge on any atom is -0.481 e. The number of fused-ring (bicyclic) bond motifs is 1. The fourth-order valence-corrected chi connectivity index (χ4v) is 5.27. The fourth-order valence-electron chi connectivity index (χ4n) is 3.48. The van der Waals surface area contributed by atoms with Gasteiger partial charge in [0.1, 0.15) is 0 Å². The Hall–Kier alpha value is -1.49. The molecule has 4 unspecified atom stereocenters. The first-order chi connectivity index (χ1) is 9.07. The third-order valence-corrected chi connectivity index (χ3v) is 5.97. The van der Waals surface area contributed by atoms with Crippen LogP contribution in [0, 0.1) is 17.8 Å². The molecule has 19 heavy (non-hydrogen) atoms. The van der Waals surface area contributed by atoms with Crippen molar-refractivity contribution in [1.82, 2.24) is 0 Å². The van der Waals surface area contributed by atoms with Crippen LogP contribution in [0.3, 0.4) is 0 Å². The first kappa shape index (κ1) is 12.5. The number of benzene rings is 1. The average molecular weight is 278 g/mol. The topological polar surface area (TPSA) is 74.6 Å². The lowest BCUT2D eigenvalue weighted by molar-refractivity contribution is -0.143. The zero-order valence-electron chi connectivity index (χ0n) is 10.2. The lowest BCUT2D eigenvalue weighted by Crippen LogP contribution is -2.29. The first-order valence-electron chi connectivity index (χ1n) is 6.27. The van der Waals surface area contributed by atoms with Crippen LogP contribution in [-0.4, -0.2) is 26.9 Å². The van der Waals surface area contributed by atoms with Gasteiger partial charge in [0.25, 0.3) is 0 Å². The number of aliphatic carboxylic acids is 2. The highest BCUT2D eigenvalue weighted by Crippen LogP contribution is 2.72. The van der Waals surface area contributed by atoms with Crippen molar-refractivity contribution in [2.45, 2.75) is 22.5 Å². The van der Waals surface area contributed by atoms with Crippen LogP contribution in [0.25, 0.3) is 0 Å². The second-order valence-corrected chi connectivity index (χ2v) is 6.54. The van der Waals surface area contributed by atoms with Gasteiger partial charge in [-0.2, -0.15) is 0 Å². The molecule has 2 fully saturated rings. The van der Waals surface area contributed by atoms with Gasteiger partial charge in [0.05, 0.1) is 16.6 Å². The summed E-state index contributed by atoms with van der Waals surface area (Å²) in [5.41, 5.74) is 0. The molecule has 1 aromatic rings. The van der Waals surface area contributed by atoms with Crippen molar-refractivity contribution in [2.24, 2.45) is 17.8 Å². The van der Waals surface area contributed by atoms with Gasteiger partial charge in [-0.15, -0.1) is 11.8 Å². The zero-order chi connectivity index (χ0) is 13.6. The minimum atomic E-state index is -0.866. The van der Waals surface area contributed by atoms with E-state index in [-0.39, 0.29) is 5.92 Å². The number of carboxylic acid groups (broad SMARTS) is 2. The summed E-state index contributed by atoms with van der Waals surface area (Å²) in [5.74, 6) is -2.80. The quantitative estimate of drug-likeness (QED) is 0.884. The predicted octanol–water partition coefficient (Wildman–Crippen LogP) is 2.34. The molecule has 4 atom stereocenters. The minimum absolute atomic E-state index is 0.00342. The van der Waals surface area contributed by atoms with E-state index in [1.165, 1.54) is 11.8 Å². The van der Waals surface area contributed by atoms with Crippen molar-refractivity contribution in [3.63, 3.8) is 0 Å². The maximum atomic E-state index is 11.4. The fraction of sp³-hybridized carbons (Fsp3) is 0.429. The molecule has 0 heterocycles. The van der Waals surface area contributed by atoms with Gasteiger partial charge in [-0.3, -0.25) is 9.59 Å². The zero-order valence-corrected chi connectivity index (χ0v) is 11.0. The summed E-state index contributed by atoms with van der Waals surface area (Å²) in [6.07, 6.45) is 1.29. The van der Waals surface area contributed by atoms with Crippen LogP contribution in [0.2, 0.25) is 0 Å². The van der Waals surface area contributed by atoms with Gasteiger partial charge >= 0.3 is 11.9 Å². The molecule has 0 amide bonds.